The molecule has 0 bridgehead atoms. The van der Waals surface area contributed by atoms with Gasteiger partial charge in [-0.15, -0.1) is 0 Å². The van der Waals surface area contributed by atoms with Crippen molar-refractivity contribution in [3.8, 4) is 0 Å². The van der Waals surface area contributed by atoms with E-state index in [0.29, 0.717) is 0 Å². The third kappa shape index (κ3) is 8.96. The molecule has 0 saturated carbocycles. The van der Waals surface area contributed by atoms with E-state index in [-0.39, 0.29) is 0 Å². The standard InChI is InChI=1S/C46H41N/c1(7-18-38-20-11-5-12-21-38)3-9-24-40-30-34-43(35-31-40)47(46-29-17-27-42-26-15-16-28-45(42)46)44-36-32-41(33-37-44)25-10-4-2-8-19-39-22-13-6-14-23-39/h1-14,17-25,27,29-37H,15-16,26,28H2. The number of benzene rings is 5. The maximum absolute atomic E-state index is 2.42. The van der Waals surface area contributed by atoms with Gasteiger partial charge in [0.25, 0.3) is 0 Å². The molecule has 1 heteroatoms. The Balaban J connectivity index is 1.18. The van der Waals surface area contributed by atoms with Crippen molar-refractivity contribution < 1.29 is 0 Å². The van der Waals surface area contributed by atoms with E-state index in [1.54, 1.807) is 0 Å². The first kappa shape index (κ1) is 31.3. The summed E-state index contributed by atoms with van der Waals surface area (Å²) in [5.74, 6) is 0. The van der Waals surface area contributed by atoms with Crippen LogP contribution in [-0.4, -0.2) is 0 Å². The zero-order valence-corrected chi connectivity index (χ0v) is 26.8. The van der Waals surface area contributed by atoms with E-state index in [2.05, 4.69) is 193 Å². The van der Waals surface area contributed by atoms with Gasteiger partial charge in [0, 0.05) is 17.1 Å². The molecule has 0 aliphatic heterocycles. The van der Waals surface area contributed by atoms with Crippen molar-refractivity contribution in [1.82, 2.24) is 0 Å². The van der Waals surface area contributed by atoms with Crippen molar-refractivity contribution in [3.63, 3.8) is 0 Å². The zero-order chi connectivity index (χ0) is 31.9. The minimum absolute atomic E-state index is 1.12. The van der Waals surface area contributed by atoms with E-state index >= 15 is 0 Å². The molecule has 0 atom stereocenters. The minimum atomic E-state index is 1.12. The summed E-state index contributed by atoms with van der Waals surface area (Å²) in [6, 6.07) is 45.3. The highest BCUT2D eigenvalue weighted by Gasteiger charge is 2.20. The molecule has 0 fully saturated rings. The zero-order valence-electron chi connectivity index (χ0n) is 26.8. The fourth-order valence-electron chi connectivity index (χ4n) is 5.92. The number of nitrogens with zero attached hydrogens (tertiary/aromatic N) is 1. The van der Waals surface area contributed by atoms with Crippen molar-refractivity contribution in [2.75, 3.05) is 4.90 Å². The van der Waals surface area contributed by atoms with E-state index in [0.717, 1.165) is 12.8 Å². The molecule has 0 unspecified atom stereocenters. The molecule has 5 aromatic rings. The van der Waals surface area contributed by atoms with E-state index in [1.807, 2.05) is 12.1 Å². The maximum Gasteiger partial charge on any atom is 0.0496 e. The van der Waals surface area contributed by atoms with Gasteiger partial charge in [-0.3, -0.25) is 0 Å². The Morgan fingerprint density at radius 2 is 0.787 bits per heavy atom. The van der Waals surface area contributed by atoms with Crippen molar-refractivity contribution in [3.05, 3.63) is 209 Å². The fraction of sp³-hybridized carbons (Fsp3) is 0.0870. The van der Waals surface area contributed by atoms with Gasteiger partial charge in [-0.2, -0.15) is 0 Å². The smallest absolute Gasteiger partial charge is 0.0496 e. The van der Waals surface area contributed by atoms with Gasteiger partial charge < -0.3 is 4.90 Å². The van der Waals surface area contributed by atoms with E-state index in [4.69, 9.17) is 0 Å². The highest BCUT2D eigenvalue weighted by atomic mass is 15.1. The summed E-state index contributed by atoms with van der Waals surface area (Å²) >= 11 is 0. The summed E-state index contributed by atoms with van der Waals surface area (Å²) < 4.78 is 0. The number of rotatable bonds is 11. The van der Waals surface area contributed by atoms with Crippen molar-refractivity contribution in [2.24, 2.45) is 0 Å². The van der Waals surface area contributed by atoms with Gasteiger partial charge in [-0.1, -0.05) is 170 Å². The summed E-state index contributed by atoms with van der Waals surface area (Å²) in [6.45, 7) is 0. The number of hydrogen-bond acceptors (Lipinski definition) is 1. The van der Waals surface area contributed by atoms with Gasteiger partial charge in [0.15, 0.2) is 0 Å². The van der Waals surface area contributed by atoms with Gasteiger partial charge in [0.05, 0.1) is 0 Å². The van der Waals surface area contributed by atoms with Crippen LogP contribution in [0.5, 0.6) is 0 Å². The molecular formula is C46H41N. The average molecular weight is 608 g/mol. The molecule has 0 aromatic heterocycles. The normalized spacial score (nSPS) is 13.5. The van der Waals surface area contributed by atoms with E-state index < -0.39 is 0 Å². The topological polar surface area (TPSA) is 3.24 Å². The lowest BCUT2D eigenvalue weighted by Crippen LogP contribution is -2.15. The Bertz CT molecular complexity index is 1770. The highest BCUT2D eigenvalue weighted by Crippen LogP contribution is 2.40. The molecule has 47 heavy (non-hydrogen) atoms. The van der Waals surface area contributed by atoms with Crippen LogP contribution in [-0.2, 0) is 12.8 Å². The molecular weight excluding hydrogens is 567 g/mol. The van der Waals surface area contributed by atoms with E-state index in [1.165, 1.54) is 63.3 Å². The summed E-state index contributed by atoms with van der Waals surface area (Å²) in [6.07, 6.45) is 29.9. The van der Waals surface area contributed by atoms with E-state index in [9.17, 15) is 0 Å². The second kappa shape index (κ2) is 16.6. The Kier molecular flexibility index (Phi) is 11.1. The molecule has 1 aliphatic rings. The van der Waals surface area contributed by atoms with Crippen LogP contribution in [0.2, 0.25) is 0 Å². The number of allylic oxidation sites excluding steroid dienone is 8. The largest absolute Gasteiger partial charge is 0.310 e. The Hall–Kier alpha value is -5.66. The van der Waals surface area contributed by atoms with Crippen LogP contribution in [0.25, 0.3) is 24.3 Å². The molecule has 0 radical (unpaired) electrons. The summed E-state index contributed by atoms with van der Waals surface area (Å²) in [7, 11) is 0. The molecule has 5 aromatic carbocycles. The second-order valence-corrected chi connectivity index (χ2v) is 11.7. The first-order valence-electron chi connectivity index (χ1n) is 16.6. The Labute approximate surface area is 280 Å². The van der Waals surface area contributed by atoms with Crippen LogP contribution < -0.4 is 4.90 Å². The molecule has 0 amide bonds. The molecule has 1 nitrogen and oxygen atoms in total. The predicted octanol–water partition coefficient (Wildman–Crippen LogP) is 12.6. The Morgan fingerprint density at radius 1 is 0.362 bits per heavy atom. The van der Waals surface area contributed by atoms with Crippen LogP contribution in [0.3, 0.4) is 0 Å². The summed E-state index contributed by atoms with van der Waals surface area (Å²) in [5.41, 5.74) is 11.3. The molecule has 0 N–H and O–H groups in total. The maximum atomic E-state index is 2.42. The van der Waals surface area contributed by atoms with Gasteiger partial charge in [-0.25, -0.2) is 0 Å². The molecule has 0 spiro atoms. The van der Waals surface area contributed by atoms with Crippen LogP contribution in [0.15, 0.2) is 176 Å². The van der Waals surface area contributed by atoms with Crippen LogP contribution in [0.4, 0.5) is 17.1 Å². The Morgan fingerprint density at radius 3 is 1.26 bits per heavy atom. The number of fused-ring (bicyclic) bond motifs is 1. The summed E-state index contributed by atoms with van der Waals surface area (Å²) in [4.78, 5) is 2.42. The monoisotopic (exact) mass is 607 g/mol. The minimum Gasteiger partial charge on any atom is -0.310 e. The quantitative estimate of drug-likeness (QED) is 0.135. The van der Waals surface area contributed by atoms with Crippen molar-refractivity contribution in [2.45, 2.75) is 25.7 Å². The predicted molar refractivity (Wildman–Crippen MR) is 205 cm³/mol. The van der Waals surface area contributed by atoms with Gasteiger partial charge in [0.1, 0.15) is 0 Å². The molecule has 230 valence electrons. The average Bonchev–Trinajstić information content (AvgIpc) is 3.13. The van der Waals surface area contributed by atoms with Crippen LogP contribution in [0.1, 0.15) is 46.2 Å². The highest BCUT2D eigenvalue weighted by molar-refractivity contribution is 5.80. The SMILES string of the molecule is C(=CC=Cc1ccc(N(c2ccc(C=CC=CC=Cc3ccccc3)cc2)c2cccc3c2CCCC3)cc1)C=Cc1ccccc1. The van der Waals surface area contributed by atoms with Crippen molar-refractivity contribution in [1.29, 1.82) is 0 Å². The third-order valence-electron chi connectivity index (χ3n) is 8.34. The number of anilines is 3. The lowest BCUT2D eigenvalue weighted by molar-refractivity contribution is 0.686. The van der Waals surface area contributed by atoms with Gasteiger partial charge in [0.2, 0.25) is 0 Å². The van der Waals surface area contributed by atoms with Gasteiger partial charge >= 0.3 is 0 Å². The second-order valence-electron chi connectivity index (χ2n) is 11.7. The molecule has 0 heterocycles. The summed E-state index contributed by atoms with van der Waals surface area (Å²) in [5, 5.41) is 0. The van der Waals surface area contributed by atoms with Crippen LogP contribution >= 0.6 is 0 Å². The van der Waals surface area contributed by atoms with Crippen molar-refractivity contribution >= 4 is 41.4 Å². The fourth-order valence-corrected chi connectivity index (χ4v) is 5.92. The lowest BCUT2D eigenvalue weighted by atomic mass is 9.90. The first-order valence-corrected chi connectivity index (χ1v) is 16.6. The molecule has 0 saturated heterocycles. The van der Waals surface area contributed by atoms with Gasteiger partial charge in [-0.05, 0) is 89.4 Å². The first-order chi connectivity index (χ1) is 23.3. The molecule has 6 rings (SSSR count). The van der Waals surface area contributed by atoms with Crippen LogP contribution in [0, 0.1) is 0 Å². The lowest BCUT2D eigenvalue weighted by Gasteiger charge is -2.30. The third-order valence-corrected chi connectivity index (χ3v) is 8.34. The molecule has 1 aliphatic carbocycles. The number of aryl methyl sites for hydroxylation is 1. The number of hydrogen-bond donors (Lipinski definition) is 0.